The predicted octanol–water partition coefficient (Wildman–Crippen LogP) is 2.45. The van der Waals surface area contributed by atoms with Crippen molar-refractivity contribution < 1.29 is 18.3 Å². The maximum Gasteiger partial charge on any atom is 0.342 e. The van der Waals surface area contributed by atoms with Gasteiger partial charge in [0.25, 0.3) is 6.43 Å². The average Bonchev–Trinajstić information content (AvgIpc) is 2.68. The summed E-state index contributed by atoms with van der Waals surface area (Å²) >= 11 is 0. The maximum atomic E-state index is 12.8. The van der Waals surface area contributed by atoms with Crippen molar-refractivity contribution in [2.45, 2.75) is 13.3 Å². The second-order valence-electron chi connectivity index (χ2n) is 3.31. The van der Waals surface area contributed by atoms with E-state index in [0.717, 1.165) is 0 Å². The number of esters is 1. The van der Waals surface area contributed by atoms with Crippen LogP contribution in [0, 0.1) is 0 Å². The molecule has 0 unspecified atom stereocenters. The van der Waals surface area contributed by atoms with Crippen molar-refractivity contribution in [1.82, 2.24) is 9.61 Å². The topological polar surface area (TPSA) is 43.6 Å². The molecule has 0 aliphatic carbocycles. The van der Waals surface area contributed by atoms with Gasteiger partial charge in [-0.15, -0.1) is 0 Å². The van der Waals surface area contributed by atoms with Crippen molar-refractivity contribution in [1.29, 1.82) is 0 Å². The van der Waals surface area contributed by atoms with Gasteiger partial charge in [0.1, 0.15) is 11.3 Å². The van der Waals surface area contributed by atoms with Crippen LogP contribution in [-0.4, -0.2) is 22.2 Å². The van der Waals surface area contributed by atoms with E-state index in [1.807, 2.05) is 0 Å². The van der Waals surface area contributed by atoms with Crippen molar-refractivity contribution >= 4 is 11.5 Å². The number of aromatic nitrogens is 2. The van der Waals surface area contributed by atoms with Gasteiger partial charge in [-0.1, -0.05) is 6.07 Å². The minimum Gasteiger partial charge on any atom is -0.462 e. The first-order chi connectivity index (χ1) is 8.15. The predicted molar refractivity (Wildman–Crippen MR) is 56.1 cm³/mol. The van der Waals surface area contributed by atoms with E-state index >= 15 is 0 Å². The molecular formula is C11H10F2N2O2. The van der Waals surface area contributed by atoms with E-state index in [1.54, 1.807) is 25.1 Å². The molecule has 90 valence electrons. The molecule has 2 heterocycles. The monoisotopic (exact) mass is 240 g/mol. The fraction of sp³-hybridized carbons (Fsp3) is 0.273. The summed E-state index contributed by atoms with van der Waals surface area (Å²) in [4.78, 5) is 11.6. The van der Waals surface area contributed by atoms with Crippen molar-refractivity contribution in [2.75, 3.05) is 6.61 Å². The van der Waals surface area contributed by atoms with Crippen LogP contribution in [0.2, 0.25) is 0 Å². The zero-order chi connectivity index (χ0) is 12.4. The van der Waals surface area contributed by atoms with E-state index in [0.29, 0.717) is 5.52 Å². The highest BCUT2D eigenvalue weighted by Crippen LogP contribution is 2.25. The van der Waals surface area contributed by atoms with Crippen LogP contribution in [0.5, 0.6) is 0 Å². The summed E-state index contributed by atoms with van der Waals surface area (Å²) in [5.74, 6) is -0.774. The Balaban J connectivity index is 2.63. The van der Waals surface area contributed by atoms with Crippen LogP contribution < -0.4 is 0 Å². The molecule has 0 aromatic carbocycles. The van der Waals surface area contributed by atoms with Gasteiger partial charge in [0.2, 0.25) is 0 Å². The summed E-state index contributed by atoms with van der Waals surface area (Å²) < 4.78 is 31.6. The molecule has 4 nitrogen and oxygen atoms in total. The third-order valence-electron chi connectivity index (χ3n) is 2.25. The molecule has 2 aromatic heterocycles. The molecule has 6 heteroatoms. The standard InChI is InChI=1S/C11H10F2N2O2/c1-2-17-11(16)8-7-5-3-4-6-15(7)14-9(8)10(12)13/h3-6,10H,2H2,1H3. The first kappa shape index (κ1) is 11.5. The zero-order valence-electron chi connectivity index (χ0n) is 9.06. The second kappa shape index (κ2) is 4.48. The number of carbonyl (C=O) groups is 1. The molecule has 0 spiro atoms. The molecule has 2 rings (SSSR count). The van der Waals surface area contributed by atoms with Gasteiger partial charge in [0.05, 0.1) is 12.1 Å². The second-order valence-corrected chi connectivity index (χ2v) is 3.31. The smallest absolute Gasteiger partial charge is 0.342 e. The molecule has 0 fully saturated rings. The Labute approximate surface area is 95.8 Å². The molecule has 0 aliphatic heterocycles. The van der Waals surface area contributed by atoms with Crippen LogP contribution in [-0.2, 0) is 4.74 Å². The van der Waals surface area contributed by atoms with Crippen LogP contribution >= 0.6 is 0 Å². The molecule has 0 atom stereocenters. The van der Waals surface area contributed by atoms with Gasteiger partial charge in [-0.05, 0) is 19.1 Å². The highest BCUT2D eigenvalue weighted by molar-refractivity contribution is 5.98. The Morgan fingerprint density at radius 1 is 1.53 bits per heavy atom. The van der Waals surface area contributed by atoms with Gasteiger partial charge in [0, 0.05) is 6.20 Å². The molecule has 0 saturated carbocycles. The SMILES string of the molecule is CCOC(=O)c1c(C(F)F)nn2ccccc12. The van der Waals surface area contributed by atoms with Crippen LogP contribution in [0.25, 0.3) is 5.52 Å². The lowest BCUT2D eigenvalue weighted by molar-refractivity contribution is 0.0517. The van der Waals surface area contributed by atoms with Gasteiger partial charge in [-0.25, -0.2) is 18.1 Å². The lowest BCUT2D eigenvalue weighted by atomic mass is 10.2. The minimum atomic E-state index is -2.81. The Morgan fingerprint density at radius 3 is 2.94 bits per heavy atom. The zero-order valence-corrected chi connectivity index (χ0v) is 9.06. The number of halogens is 2. The van der Waals surface area contributed by atoms with E-state index < -0.39 is 18.1 Å². The van der Waals surface area contributed by atoms with E-state index in [9.17, 15) is 13.6 Å². The van der Waals surface area contributed by atoms with E-state index in [-0.39, 0.29) is 12.2 Å². The fourth-order valence-electron chi connectivity index (χ4n) is 1.58. The Bertz CT molecular complexity index is 551. The lowest BCUT2D eigenvalue weighted by Crippen LogP contribution is -2.07. The fourth-order valence-corrected chi connectivity index (χ4v) is 1.58. The van der Waals surface area contributed by atoms with E-state index in [4.69, 9.17) is 4.74 Å². The molecule has 0 radical (unpaired) electrons. The Hall–Kier alpha value is -1.98. The maximum absolute atomic E-state index is 12.8. The highest BCUT2D eigenvalue weighted by atomic mass is 19.3. The summed E-state index contributed by atoms with van der Waals surface area (Å²) in [6, 6.07) is 4.84. The molecule has 0 N–H and O–H groups in total. The van der Waals surface area contributed by atoms with Gasteiger partial charge < -0.3 is 4.74 Å². The van der Waals surface area contributed by atoms with Gasteiger partial charge in [-0.3, -0.25) is 0 Å². The molecular weight excluding hydrogens is 230 g/mol. The summed E-state index contributed by atoms with van der Waals surface area (Å²) in [5.41, 5.74) is -0.390. The number of fused-ring (bicyclic) bond motifs is 1. The highest BCUT2D eigenvalue weighted by Gasteiger charge is 2.26. The molecule has 0 aliphatic rings. The largest absolute Gasteiger partial charge is 0.462 e. The number of hydrogen-bond acceptors (Lipinski definition) is 3. The van der Waals surface area contributed by atoms with Crippen molar-refractivity contribution in [2.24, 2.45) is 0 Å². The van der Waals surface area contributed by atoms with Crippen LogP contribution in [0.4, 0.5) is 8.78 Å². The number of hydrogen-bond donors (Lipinski definition) is 0. The number of rotatable bonds is 3. The average molecular weight is 240 g/mol. The van der Waals surface area contributed by atoms with Crippen molar-refractivity contribution in [3.63, 3.8) is 0 Å². The third-order valence-corrected chi connectivity index (χ3v) is 2.25. The third kappa shape index (κ3) is 1.98. The lowest BCUT2D eigenvalue weighted by Gasteiger charge is -2.01. The molecule has 0 bridgehead atoms. The van der Waals surface area contributed by atoms with E-state index in [2.05, 4.69) is 5.10 Å². The number of nitrogens with zero attached hydrogens (tertiary/aromatic N) is 2. The number of ether oxygens (including phenoxy) is 1. The Morgan fingerprint density at radius 2 is 2.29 bits per heavy atom. The summed E-state index contributed by atoms with van der Waals surface area (Å²) in [5, 5.41) is 3.68. The quantitative estimate of drug-likeness (QED) is 0.774. The van der Waals surface area contributed by atoms with Gasteiger partial charge in [-0.2, -0.15) is 5.10 Å². The van der Waals surface area contributed by atoms with E-state index in [1.165, 1.54) is 10.7 Å². The number of alkyl halides is 2. The van der Waals surface area contributed by atoms with Crippen molar-refractivity contribution in [3.8, 4) is 0 Å². The van der Waals surface area contributed by atoms with Gasteiger partial charge >= 0.3 is 5.97 Å². The normalized spacial score (nSPS) is 11.1. The summed E-state index contributed by atoms with van der Waals surface area (Å²) in [7, 11) is 0. The summed E-state index contributed by atoms with van der Waals surface area (Å²) in [6.45, 7) is 1.75. The first-order valence-corrected chi connectivity index (χ1v) is 5.07. The number of pyridine rings is 1. The van der Waals surface area contributed by atoms with Gasteiger partial charge in [0.15, 0.2) is 0 Å². The van der Waals surface area contributed by atoms with Crippen LogP contribution in [0.3, 0.4) is 0 Å². The minimum absolute atomic E-state index is 0.131. The van der Waals surface area contributed by atoms with Crippen LogP contribution in [0.1, 0.15) is 29.4 Å². The van der Waals surface area contributed by atoms with Crippen molar-refractivity contribution in [3.05, 3.63) is 35.7 Å². The molecule has 0 amide bonds. The molecule has 2 aromatic rings. The summed E-state index contributed by atoms with van der Waals surface area (Å²) in [6.07, 6.45) is -1.31. The van der Waals surface area contributed by atoms with Crippen LogP contribution in [0.15, 0.2) is 24.4 Å². The molecule has 0 saturated heterocycles. The first-order valence-electron chi connectivity index (χ1n) is 5.07. The Kier molecular flexibility index (Phi) is 3.03. The molecule has 17 heavy (non-hydrogen) atoms. The number of carbonyl (C=O) groups excluding carboxylic acids is 1.